The number of nitrogens with zero attached hydrogens (tertiary/aromatic N) is 1. The fraction of sp³-hybridized carbons (Fsp3) is 0.571. The Labute approximate surface area is 120 Å². The van der Waals surface area contributed by atoms with E-state index in [9.17, 15) is 8.42 Å². The smallest absolute Gasteiger partial charge is 0.175 e. The molecule has 0 unspecified atom stereocenters. The molecule has 0 aliphatic carbocycles. The summed E-state index contributed by atoms with van der Waals surface area (Å²) >= 11 is 0. The zero-order chi connectivity index (χ0) is 14.6. The third-order valence-corrected chi connectivity index (χ3v) is 4.65. The van der Waals surface area contributed by atoms with Crippen LogP contribution in [-0.2, 0) is 14.6 Å². The van der Waals surface area contributed by atoms with Gasteiger partial charge >= 0.3 is 0 Å². The average Bonchev–Trinajstić information content (AvgIpc) is 2.45. The maximum atomic E-state index is 11.4. The van der Waals surface area contributed by atoms with Crippen molar-refractivity contribution < 1.29 is 18.3 Å². The first kappa shape index (κ1) is 15.3. The van der Waals surface area contributed by atoms with Crippen LogP contribution < -0.4 is 4.90 Å². The van der Waals surface area contributed by atoms with E-state index in [0.717, 1.165) is 31.6 Å². The number of rotatable bonds is 5. The summed E-state index contributed by atoms with van der Waals surface area (Å²) in [5.41, 5.74) is 1.04. The first-order chi connectivity index (χ1) is 9.50. The number of hydrogen-bond acceptors (Lipinski definition) is 5. The van der Waals surface area contributed by atoms with Gasteiger partial charge in [0.1, 0.15) is 0 Å². The van der Waals surface area contributed by atoms with E-state index in [2.05, 4.69) is 4.90 Å². The number of aliphatic hydroxyl groups is 1. The van der Waals surface area contributed by atoms with Crippen molar-refractivity contribution in [3.05, 3.63) is 24.3 Å². The maximum Gasteiger partial charge on any atom is 0.175 e. The van der Waals surface area contributed by atoms with Gasteiger partial charge in [-0.1, -0.05) is 0 Å². The lowest BCUT2D eigenvalue weighted by atomic mass is 10.1. The molecule has 0 bridgehead atoms. The Hall–Kier alpha value is -1.11. The molecule has 0 saturated carbocycles. The van der Waals surface area contributed by atoms with Gasteiger partial charge in [-0.15, -0.1) is 0 Å². The van der Waals surface area contributed by atoms with Crippen LogP contribution in [0.5, 0.6) is 0 Å². The minimum absolute atomic E-state index is 0.0627. The van der Waals surface area contributed by atoms with Gasteiger partial charge in [0.05, 0.1) is 24.2 Å². The number of benzene rings is 1. The Balaban J connectivity index is 1.94. The van der Waals surface area contributed by atoms with Gasteiger partial charge in [0.15, 0.2) is 9.84 Å². The Morgan fingerprint density at radius 2 is 1.85 bits per heavy atom. The fourth-order valence-electron chi connectivity index (χ4n) is 2.40. The molecule has 1 aliphatic heterocycles. The van der Waals surface area contributed by atoms with Gasteiger partial charge in [-0.05, 0) is 37.1 Å². The Bertz CT molecular complexity index is 519. The van der Waals surface area contributed by atoms with E-state index in [1.807, 2.05) is 12.1 Å². The molecule has 112 valence electrons. The summed E-state index contributed by atoms with van der Waals surface area (Å²) in [6.45, 7) is 2.23. The summed E-state index contributed by atoms with van der Waals surface area (Å²) in [5.74, 6) is 0. The van der Waals surface area contributed by atoms with Crippen LogP contribution in [0.2, 0.25) is 0 Å². The Kier molecular flexibility index (Phi) is 5.01. The second kappa shape index (κ2) is 6.56. The second-order valence-corrected chi connectivity index (χ2v) is 7.06. The molecule has 2 rings (SSSR count). The topological polar surface area (TPSA) is 66.8 Å². The summed E-state index contributed by atoms with van der Waals surface area (Å²) in [7, 11) is -3.13. The molecule has 1 saturated heterocycles. The van der Waals surface area contributed by atoms with Crippen molar-refractivity contribution in [3.63, 3.8) is 0 Å². The van der Waals surface area contributed by atoms with Gasteiger partial charge in [-0.25, -0.2) is 8.42 Å². The van der Waals surface area contributed by atoms with Crippen molar-refractivity contribution in [2.24, 2.45) is 0 Å². The molecule has 20 heavy (non-hydrogen) atoms. The Morgan fingerprint density at radius 1 is 1.25 bits per heavy atom. The van der Waals surface area contributed by atoms with Crippen LogP contribution in [0.4, 0.5) is 5.69 Å². The van der Waals surface area contributed by atoms with E-state index in [-0.39, 0.29) is 12.7 Å². The molecular formula is C14H21NO4S. The van der Waals surface area contributed by atoms with Crippen LogP contribution in [-0.4, -0.2) is 52.2 Å². The van der Waals surface area contributed by atoms with Crippen LogP contribution >= 0.6 is 0 Å². The summed E-state index contributed by atoms with van der Waals surface area (Å²) in [6.07, 6.45) is 3.28. The summed E-state index contributed by atoms with van der Waals surface area (Å²) in [5, 5.41) is 8.73. The standard InChI is InChI=1S/C14H21NO4S/c1-20(17,18)14-4-2-12(3-5-14)15-8-6-13(7-9-15)19-11-10-16/h2-5,13,16H,6-11H2,1H3. The lowest BCUT2D eigenvalue weighted by molar-refractivity contribution is 0.0159. The largest absolute Gasteiger partial charge is 0.394 e. The molecule has 6 heteroatoms. The van der Waals surface area contributed by atoms with Crippen molar-refractivity contribution in [1.29, 1.82) is 0 Å². The predicted octanol–water partition coefficient (Wildman–Crippen LogP) is 1.07. The van der Waals surface area contributed by atoms with E-state index in [1.165, 1.54) is 6.26 Å². The molecule has 1 aromatic rings. The molecule has 0 amide bonds. The molecule has 1 aliphatic rings. The number of hydrogen-bond donors (Lipinski definition) is 1. The van der Waals surface area contributed by atoms with Crippen molar-refractivity contribution in [3.8, 4) is 0 Å². The van der Waals surface area contributed by atoms with Gasteiger partial charge in [-0.3, -0.25) is 0 Å². The molecule has 5 nitrogen and oxygen atoms in total. The first-order valence-corrected chi connectivity index (χ1v) is 8.67. The monoisotopic (exact) mass is 299 g/mol. The normalized spacial score (nSPS) is 17.4. The number of aliphatic hydroxyl groups excluding tert-OH is 1. The van der Waals surface area contributed by atoms with Gasteiger partial charge in [0, 0.05) is 25.0 Å². The summed E-state index contributed by atoms with van der Waals surface area (Å²) in [6, 6.07) is 7.01. The lowest BCUT2D eigenvalue weighted by Crippen LogP contribution is -2.37. The zero-order valence-electron chi connectivity index (χ0n) is 11.7. The van der Waals surface area contributed by atoms with Crippen LogP contribution in [0.1, 0.15) is 12.8 Å². The van der Waals surface area contributed by atoms with Gasteiger partial charge in [0.2, 0.25) is 0 Å². The fourth-order valence-corrected chi connectivity index (χ4v) is 3.03. The van der Waals surface area contributed by atoms with Crippen LogP contribution in [0.15, 0.2) is 29.2 Å². The summed E-state index contributed by atoms with van der Waals surface area (Å²) < 4.78 is 28.4. The molecule has 1 fully saturated rings. The van der Waals surface area contributed by atoms with E-state index in [0.29, 0.717) is 11.5 Å². The van der Waals surface area contributed by atoms with Gasteiger partial charge in [0.25, 0.3) is 0 Å². The molecule has 1 aromatic carbocycles. The lowest BCUT2D eigenvalue weighted by Gasteiger charge is -2.33. The molecule has 0 atom stereocenters. The van der Waals surface area contributed by atoms with Crippen molar-refractivity contribution in [2.45, 2.75) is 23.8 Å². The number of piperidine rings is 1. The quantitative estimate of drug-likeness (QED) is 0.881. The Morgan fingerprint density at radius 3 is 2.35 bits per heavy atom. The van der Waals surface area contributed by atoms with Crippen LogP contribution in [0, 0.1) is 0 Å². The second-order valence-electron chi connectivity index (χ2n) is 5.05. The first-order valence-electron chi connectivity index (χ1n) is 6.78. The minimum Gasteiger partial charge on any atom is -0.394 e. The molecule has 1 N–H and O–H groups in total. The maximum absolute atomic E-state index is 11.4. The van der Waals surface area contributed by atoms with Crippen LogP contribution in [0.25, 0.3) is 0 Å². The molecule has 0 radical (unpaired) electrons. The van der Waals surface area contributed by atoms with Crippen molar-refractivity contribution >= 4 is 15.5 Å². The molecular weight excluding hydrogens is 278 g/mol. The highest BCUT2D eigenvalue weighted by Gasteiger charge is 2.20. The van der Waals surface area contributed by atoms with Gasteiger partial charge in [-0.2, -0.15) is 0 Å². The minimum atomic E-state index is -3.13. The SMILES string of the molecule is CS(=O)(=O)c1ccc(N2CCC(OCCO)CC2)cc1. The molecule has 1 heterocycles. The van der Waals surface area contributed by atoms with Crippen molar-refractivity contribution in [1.82, 2.24) is 0 Å². The zero-order valence-corrected chi connectivity index (χ0v) is 12.5. The number of sulfone groups is 1. The number of ether oxygens (including phenoxy) is 1. The third kappa shape index (κ3) is 3.94. The molecule has 0 spiro atoms. The van der Waals surface area contributed by atoms with Gasteiger partial charge < -0.3 is 14.7 Å². The van der Waals surface area contributed by atoms with E-state index < -0.39 is 9.84 Å². The third-order valence-electron chi connectivity index (χ3n) is 3.52. The average molecular weight is 299 g/mol. The highest BCUT2D eigenvalue weighted by molar-refractivity contribution is 7.90. The van der Waals surface area contributed by atoms with E-state index in [4.69, 9.17) is 9.84 Å². The predicted molar refractivity (Wildman–Crippen MR) is 77.8 cm³/mol. The van der Waals surface area contributed by atoms with Crippen molar-refractivity contribution in [2.75, 3.05) is 37.5 Å². The highest BCUT2D eigenvalue weighted by Crippen LogP contribution is 2.23. The highest BCUT2D eigenvalue weighted by atomic mass is 32.2. The van der Waals surface area contributed by atoms with Crippen LogP contribution in [0.3, 0.4) is 0 Å². The summed E-state index contributed by atoms with van der Waals surface area (Å²) in [4.78, 5) is 2.58. The van der Waals surface area contributed by atoms with E-state index in [1.54, 1.807) is 12.1 Å². The van der Waals surface area contributed by atoms with E-state index >= 15 is 0 Å². The molecule has 0 aromatic heterocycles. The number of anilines is 1.